The van der Waals surface area contributed by atoms with Gasteiger partial charge in [-0.15, -0.1) is 0 Å². The van der Waals surface area contributed by atoms with Crippen LogP contribution in [0.15, 0.2) is 11.1 Å². The fourth-order valence-corrected chi connectivity index (χ4v) is 4.00. The highest BCUT2D eigenvalue weighted by molar-refractivity contribution is 7.99. The summed E-state index contributed by atoms with van der Waals surface area (Å²) in [4.78, 5) is 0. The van der Waals surface area contributed by atoms with Gasteiger partial charge in [-0.3, -0.25) is 0 Å². The van der Waals surface area contributed by atoms with Gasteiger partial charge in [0.25, 0.3) is 0 Å². The highest BCUT2D eigenvalue weighted by Gasteiger charge is 2.11. The molecule has 1 saturated carbocycles. The third-order valence-electron chi connectivity index (χ3n) is 4.05. The van der Waals surface area contributed by atoms with E-state index in [4.69, 9.17) is 0 Å². The van der Waals surface area contributed by atoms with Crippen LogP contribution in [-0.2, 0) is 0 Å². The van der Waals surface area contributed by atoms with Gasteiger partial charge < -0.3 is 0 Å². The Kier molecular flexibility index (Phi) is 5.82. The SMILES string of the molecule is C1CCCCC(=C2CCSCC2)CCCC1. The smallest absolute Gasteiger partial charge is 0.00300 e. The van der Waals surface area contributed by atoms with E-state index in [0.29, 0.717) is 0 Å². The molecule has 2 fully saturated rings. The molecule has 2 rings (SSSR count). The van der Waals surface area contributed by atoms with Crippen molar-refractivity contribution in [2.24, 2.45) is 0 Å². The third-order valence-corrected chi connectivity index (χ3v) is 5.04. The van der Waals surface area contributed by atoms with Crippen LogP contribution >= 0.6 is 11.8 Å². The summed E-state index contributed by atoms with van der Waals surface area (Å²) < 4.78 is 0. The van der Waals surface area contributed by atoms with Gasteiger partial charge in [-0.2, -0.15) is 11.8 Å². The van der Waals surface area contributed by atoms with E-state index < -0.39 is 0 Å². The van der Waals surface area contributed by atoms with Gasteiger partial charge in [-0.05, 0) is 50.0 Å². The molecule has 1 aliphatic heterocycles. The lowest BCUT2D eigenvalue weighted by molar-refractivity contribution is 0.547. The maximum absolute atomic E-state index is 2.15. The van der Waals surface area contributed by atoms with Gasteiger partial charge in [-0.25, -0.2) is 0 Å². The molecule has 0 N–H and O–H groups in total. The quantitative estimate of drug-likeness (QED) is 0.514. The highest BCUT2D eigenvalue weighted by Crippen LogP contribution is 2.30. The van der Waals surface area contributed by atoms with Gasteiger partial charge in [-0.1, -0.05) is 43.3 Å². The molecule has 0 aromatic heterocycles. The second-order valence-corrected chi connectivity index (χ2v) is 6.52. The van der Waals surface area contributed by atoms with Crippen molar-refractivity contribution in [1.29, 1.82) is 0 Å². The first-order chi connectivity index (χ1) is 7.97. The van der Waals surface area contributed by atoms with Crippen molar-refractivity contribution in [3.63, 3.8) is 0 Å². The largest absolute Gasteiger partial charge is 0.161 e. The minimum atomic E-state index is 1.39. The molecule has 1 saturated heterocycles. The zero-order chi connectivity index (χ0) is 11.1. The van der Waals surface area contributed by atoms with Gasteiger partial charge in [0.1, 0.15) is 0 Å². The molecule has 0 radical (unpaired) electrons. The van der Waals surface area contributed by atoms with E-state index in [1.165, 1.54) is 82.1 Å². The van der Waals surface area contributed by atoms with E-state index in [2.05, 4.69) is 11.8 Å². The highest BCUT2D eigenvalue weighted by atomic mass is 32.2. The summed E-state index contributed by atoms with van der Waals surface area (Å²) in [5.74, 6) is 2.78. The second-order valence-electron chi connectivity index (χ2n) is 5.29. The molecule has 0 aromatic carbocycles. The van der Waals surface area contributed by atoms with Crippen LogP contribution in [0.1, 0.15) is 70.6 Å². The van der Waals surface area contributed by atoms with Crippen LogP contribution in [0.25, 0.3) is 0 Å². The maximum Gasteiger partial charge on any atom is -0.00300 e. The summed E-state index contributed by atoms with van der Waals surface area (Å²) in [5, 5.41) is 0. The summed E-state index contributed by atoms with van der Waals surface area (Å²) >= 11 is 2.15. The molecule has 0 atom stereocenters. The van der Waals surface area contributed by atoms with Crippen molar-refractivity contribution in [2.45, 2.75) is 70.6 Å². The Morgan fingerprint density at radius 3 is 1.50 bits per heavy atom. The number of hydrogen-bond acceptors (Lipinski definition) is 1. The van der Waals surface area contributed by atoms with Crippen molar-refractivity contribution in [1.82, 2.24) is 0 Å². The Bertz CT molecular complexity index is 210. The fourth-order valence-electron chi connectivity index (χ4n) is 3.01. The molecule has 0 bridgehead atoms. The van der Waals surface area contributed by atoms with Gasteiger partial charge in [0, 0.05) is 0 Å². The van der Waals surface area contributed by atoms with E-state index in [1.54, 1.807) is 0 Å². The summed E-state index contributed by atoms with van der Waals surface area (Å²) in [5.41, 5.74) is 3.74. The van der Waals surface area contributed by atoms with Crippen LogP contribution in [0, 0.1) is 0 Å². The van der Waals surface area contributed by atoms with Crippen LogP contribution in [0.2, 0.25) is 0 Å². The molecule has 92 valence electrons. The Morgan fingerprint density at radius 2 is 0.938 bits per heavy atom. The van der Waals surface area contributed by atoms with Gasteiger partial charge in [0.2, 0.25) is 0 Å². The minimum absolute atomic E-state index is 1.39. The first kappa shape index (κ1) is 12.5. The van der Waals surface area contributed by atoms with Crippen LogP contribution in [0.3, 0.4) is 0 Å². The first-order valence-electron chi connectivity index (χ1n) is 7.24. The van der Waals surface area contributed by atoms with E-state index in [0.717, 1.165) is 0 Å². The van der Waals surface area contributed by atoms with Gasteiger partial charge in [0.05, 0.1) is 0 Å². The Balaban J connectivity index is 1.92. The van der Waals surface area contributed by atoms with Crippen molar-refractivity contribution in [3.05, 3.63) is 11.1 Å². The molecular weight excluding hydrogens is 212 g/mol. The third kappa shape index (κ3) is 4.16. The Hall–Kier alpha value is 0.0900. The van der Waals surface area contributed by atoms with Crippen molar-refractivity contribution < 1.29 is 0 Å². The molecule has 0 unspecified atom stereocenters. The molecule has 2 aliphatic rings. The first-order valence-corrected chi connectivity index (χ1v) is 8.40. The van der Waals surface area contributed by atoms with Crippen LogP contribution in [-0.4, -0.2) is 11.5 Å². The van der Waals surface area contributed by atoms with E-state index >= 15 is 0 Å². The average molecular weight is 238 g/mol. The fraction of sp³-hybridized carbons (Fsp3) is 0.867. The molecule has 0 spiro atoms. The van der Waals surface area contributed by atoms with Crippen molar-refractivity contribution >= 4 is 11.8 Å². The van der Waals surface area contributed by atoms with Gasteiger partial charge in [0.15, 0.2) is 0 Å². The van der Waals surface area contributed by atoms with E-state index in [1.807, 2.05) is 11.1 Å². The second kappa shape index (κ2) is 7.42. The number of allylic oxidation sites excluding steroid dienone is 2. The lowest BCUT2D eigenvalue weighted by Crippen LogP contribution is -2.03. The zero-order valence-corrected chi connectivity index (χ0v) is 11.4. The lowest BCUT2D eigenvalue weighted by Gasteiger charge is -2.20. The van der Waals surface area contributed by atoms with Gasteiger partial charge >= 0.3 is 0 Å². The van der Waals surface area contributed by atoms with Crippen LogP contribution < -0.4 is 0 Å². The minimum Gasteiger partial charge on any atom is -0.161 e. The number of hydrogen-bond donors (Lipinski definition) is 0. The standard InChI is InChI=1S/C15H26S/c1-2-4-6-8-14(9-7-5-3-1)15-10-12-16-13-11-15/h1-13H2. The molecule has 0 amide bonds. The van der Waals surface area contributed by atoms with Crippen molar-refractivity contribution in [2.75, 3.05) is 11.5 Å². The summed E-state index contributed by atoms with van der Waals surface area (Å²) in [6.45, 7) is 0. The molecule has 0 nitrogen and oxygen atoms in total. The van der Waals surface area contributed by atoms with Crippen LogP contribution in [0.4, 0.5) is 0 Å². The number of rotatable bonds is 0. The maximum atomic E-state index is 2.15. The van der Waals surface area contributed by atoms with Crippen molar-refractivity contribution in [3.8, 4) is 0 Å². The number of thioether (sulfide) groups is 1. The molecule has 16 heavy (non-hydrogen) atoms. The molecule has 0 aromatic rings. The predicted molar refractivity (Wildman–Crippen MR) is 75.1 cm³/mol. The Labute approximate surface area is 105 Å². The molecule has 1 heteroatoms. The monoisotopic (exact) mass is 238 g/mol. The zero-order valence-electron chi connectivity index (χ0n) is 10.6. The molecular formula is C15H26S. The molecule has 1 aliphatic carbocycles. The predicted octanol–water partition coefficient (Wildman–Crippen LogP) is 5.33. The van der Waals surface area contributed by atoms with E-state index in [-0.39, 0.29) is 0 Å². The summed E-state index contributed by atoms with van der Waals surface area (Å²) in [7, 11) is 0. The lowest BCUT2D eigenvalue weighted by atomic mass is 9.91. The average Bonchev–Trinajstić information content (AvgIpc) is 2.37. The molecule has 1 heterocycles. The Morgan fingerprint density at radius 1 is 0.500 bits per heavy atom. The normalized spacial score (nSPS) is 25.5. The topological polar surface area (TPSA) is 0 Å². The van der Waals surface area contributed by atoms with E-state index in [9.17, 15) is 0 Å². The summed E-state index contributed by atoms with van der Waals surface area (Å²) in [6.07, 6.45) is 16.0. The van der Waals surface area contributed by atoms with Crippen LogP contribution in [0.5, 0.6) is 0 Å². The summed E-state index contributed by atoms with van der Waals surface area (Å²) in [6, 6.07) is 0.